The summed E-state index contributed by atoms with van der Waals surface area (Å²) in [5.41, 5.74) is -0.175. The van der Waals surface area contributed by atoms with Gasteiger partial charge in [0.25, 0.3) is 0 Å². The molecule has 0 aliphatic carbocycles. The molecule has 204 valence electrons. The van der Waals surface area contributed by atoms with E-state index in [1.54, 1.807) is 9.80 Å². The van der Waals surface area contributed by atoms with Crippen LogP contribution in [-0.2, 0) is 9.47 Å². The molecular formula is C25H41ClN4O6. The fourth-order valence-corrected chi connectivity index (χ4v) is 3.67. The van der Waals surface area contributed by atoms with Crippen molar-refractivity contribution in [3.05, 3.63) is 17.0 Å². The molecule has 1 N–H and O–H groups in total. The van der Waals surface area contributed by atoms with Crippen molar-refractivity contribution in [2.75, 3.05) is 26.2 Å². The van der Waals surface area contributed by atoms with Crippen molar-refractivity contribution in [2.24, 2.45) is 0 Å². The van der Waals surface area contributed by atoms with E-state index in [-0.39, 0.29) is 24.4 Å². The predicted molar refractivity (Wildman–Crippen MR) is 136 cm³/mol. The molecule has 10 nitrogen and oxygen atoms in total. The Labute approximate surface area is 219 Å². The van der Waals surface area contributed by atoms with Crippen LogP contribution in [0.15, 0.2) is 6.33 Å². The number of ether oxygens (including phenoxy) is 3. The fraction of sp³-hybridized carbons (Fsp3) is 0.760. The normalized spacial score (nSPS) is 17.7. The number of rotatable bonds is 2. The van der Waals surface area contributed by atoms with E-state index in [4.69, 9.17) is 25.8 Å². The first-order chi connectivity index (χ1) is 16.6. The highest BCUT2D eigenvalue weighted by atomic mass is 35.5. The Morgan fingerprint density at radius 1 is 0.889 bits per heavy atom. The molecule has 0 radical (unpaired) electrons. The standard InChI is InChI=1S/C15H22ClN3O3.C10H19NO3/c1-10-12(16)17-9-18-13(10)21-11-5-7-19(8-6-11)14(20)22-15(2,3)4;1-10(2,3)14-9(13)11-6-4-8(12)5-7-11/h9,11H,5-8H2,1-4H3;8,12H,4-7H2,1-3H3. The molecular weight excluding hydrogens is 488 g/mol. The lowest BCUT2D eigenvalue weighted by molar-refractivity contribution is 0.00953. The minimum Gasteiger partial charge on any atom is -0.474 e. The van der Waals surface area contributed by atoms with E-state index in [9.17, 15) is 14.7 Å². The molecule has 11 heteroatoms. The maximum atomic E-state index is 12.0. The largest absolute Gasteiger partial charge is 0.474 e. The highest BCUT2D eigenvalue weighted by Gasteiger charge is 2.28. The number of halogens is 1. The molecule has 3 rings (SSSR count). The first-order valence-electron chi connectivity index (χ1n) is 12.4. The first-order valence-corrected chi connectivity index (χ1v) is 12.8. The lowest BCUT2D eigenvalue weighted by atomic mass is 10.1. The summed E-state index contributed by atoms with van der Waals surface area (Å²) in [7, 11) is 0. The van der Waals surface area contributed by atoms with Gasteiger partial charge in [0.15, 0.2) is 0 Å². The summed E-state index contributed by atoms with van der Waals surface area (Å²) in [6, 6.07) is 0. The zero-order chi connectivity index (χ0) is 27.1. The number of aliphatic hydroxyl groups excluding tert-OH is 1. The third-order valence-electron chi connectivity index (χ3n) is 5.46. The third kappa shape index (κ3) is 10.3. The van der Waals surface area contributed by atoms with Crippen molar-refractivity contribution in [1.82, 2.24) is 19.8 Å². The molecule has 0 unspecified atom stereocenters. The van der Waals surface area contributed by atoms with Crippen molar-refractivity contribution in [2.45, 2.75) is 97.6 Å². The molecule has 2 aliphatic rings. The van der Waals surface area contributed by atoms with Crippen LogP contribution in [-0.4, -0.2) is 86.6 Å². The van der Waals surface area contributed by atoms with Crippen LogP contribution in [0.2, 0.25) is 5.15 Å². The van der Waals surface area contributed by atoms with Crippen molar-refractivity contribution < 1.29 is 28.9 Å². The van der Waals surface area contributed by atoms with Gasteiger partial charge < -0.3 is 29.1 Å². The van der Waals surface area contributed by atoms with Gasteiger partial charge in [0.1, 0.15) is 28.8 Å². The second-order valence-corrected chi connectivity index (χ2v) is 11.4. The fourth-order valence-electron chi connectivity index (χ4n) is 3.55. The van der Waals surface area contributed by atoms with E-state index in [0.29, 0.717) is 50.1 Å². The number of aromatic nitrogens is 2. The minimum absolute atomic E-state index is 0.0170. The van der Waals surface area contributed by atoms with Crippen molar-refractivity contribution in [3.8, 4) is 5.88 Å². The van der Waals surface area contributed by atoms with Gasteiger partial charge in [-0.2, -0.15) is 0 Å². The van der Waals surface area contributed by atoms with Gasteiger partial charge in [0.2, 0.25) is 5.88 Å². The van der Waals surface area contributed by atoms with Crippen molar-refractivity contribution in [1.29, 1.82) is 0 Å². The summed E-state index contributed by atoms with van der Waals surface area (Å²) in [6.07, 6.45) is 3.38. The number of carbonyl (C=O) groups is 2. The van der Waals surface area contributed by atoms with E-state index in [1.165, 1.54) is 6.33 Å². The van der Waals surface area contributed by atoms with E-state index < -0.39 is 11.2 Å². The van der Waals surface area contributed by atoms with Crippen LogP contribution in [0.4, 0.5) is 9.59 Å². The average molecular weight is 529 g/mol. The topological polar surface area (TPSA) is 114 Å². The van der Waals surface area contributed by atoms with Crippen LogP contribution in [0.3, 0.4) is 0 Å². The Kier molecular flexibility index (Phi) is 10.6. The lowest BCUT2D eigenvalue weighted by Gasteiger charge is -2.33. The molecule has 0 saturated carbocycles. The van der Waals surface area contributed by atoms with E-state index in [2.05, 4.69) is 9.97 Å². The average Bonchev–Trinajstić information content (AvgIpc) is 2.76. The molecule has 36 heavy (non-hydrogen) atoms. The summed E-state index contributed by atoms with van der Waals surface area (Å²) in [5.74, 6) is 0.510. The Hall–Kier alpha value is -2.33. The van der Waals surface area contributed by atoms with Gasteiger partial charge in [0, 0.05) is 44.6 Å². The SMILES string of the molecule is CC(C)(C)OC(=O)N1CCC(O)CC1.Cc1c(Cl)ncnc1OC1CCN(C(=O)OC(C)(C)C)CC1. The van der Waals surface area contributed by atoms with Crippen LogP contribution in [0, 0.1) is 6.92 Å². The quantitative estimate of drug-likeness (QED) is 0.554. The number of amides is 2. The number of hydrogen-bond acceptors (Lipinski definition) is 8. The van der Waals surface area contributed by atoms with Gasteiger partial charge in [0.05, 0.1) is 6.10 Å². The minimum atomic E-state index is -0.473. The van der Waals surface area contributed by atoms with Gasteiger partial charge in [-0.05, 0) is 61.3 Å². The number of carbonyl (C=O) groups excluding carboxylic acids is 2. The van der Waals surface area contributed by atoms with Crippen molar-refractivity contribution >= 4 is 23.8 Å². The number of nitrogens with zero attached hydrogens (tertiary/aromatic N) is 4. The van der Waals surface area contributed by atoms with E-state index in [0.717, 1.165) is 18.4 Å². The van der Waals surface area contributed by atoms with Crippen molar-refractivity contribution in [3.63, 3.8) is 0 Å². The Morgan fingerprint density at radius 3 is 1.78 bits per heavy atom. The maximum Gasteiger partial charge on any atom is 0.410 e. The van der Waals surface area contributed by atoms with Gasteiger partial charge >= 0.3 is 12.2 Å². The number of hydrogen-bond donors (Lipinski definition) is 1. The van der Waals surface area contributed by atoms with Crippen LogP contribution in [0.5, 0.6) is 5.88 Å². The monoisotopic (exact) mass is 528 g/mol. The molecule has 0 bridgehead atoms. The highest BCUT2D eigenvalue weighted by molar-refractivity contribution is 6.30. The molecule has 1 aromatic heterocycles. The van der Waals surface area contributed by atoms with Gasteiger partial charge in [-0.1, -0.05) is 11.6 Å². The molecule has 1 aromatic rings. The molecule has 0 spiro atoms. The molecule has 0 aromatic carbocycles. The summed E-state index contributed by atoms with van der Waals surface area (Å²) in [5, 5.41) is 9.66. The Morgan fingerprint density at radius 2 is 1.33 bits per heavy atom. The molecule has 0 atom stereocenters. The highest BCUT2D eigenvalue weighted by Crippen LogP contribution is 2.24. The zero-order valence-electron chi connectivity index (χ0n) is 22.5. The Bertz CT molecular complexity index is 870. The molecule has 3 heterocycles. The van der Waals surface area contributed by atoms with Crippen LogP contribution in [0.25, 0.3) is 0 Å². The molecule has 2 aliphatic heterocycles. The summed E-state index contributed by atoms with van der Waals surface area (Å²) < 4.78 is 16.5. The summed E-state index contributed by atoms with van der Waals surface area (Å²) in [4.78, 5) is 34.9. The zero-order valence-corrected chi connectivity index (χ0v) is 23.3. The molecule has 2 saturated heterocycles. The second kappa shape index (κ2) is 12.8. The smallest absolute Gasteiger partial charge is 0.410 e. The lowest BCUT2D eigenvalue weighted by Crippen LogP contribution is -2.44. The van der Waals surface area contributed by atoms with Gasteiger partial charge in [-0.3, -0.25) is 0 Å². The predicted octanol–water partition coefficient (Wildman–Crippen LogP) is 4.59. The van der Waals surface area contributed by atoms with Crippen LogP contribution >= 0.6 is 11.6 Å². The van der Waals surface area contributed by atoms with Crippen LogP contribution < -0.4 is 4.74 Å². The van der Waals surface area contributed by atoms with Gasteiger partial charge in [-0.25, -0.2) is 19.6 Å². The number of likely N-dealkylation sites (tertiary alicyclic amines) is 2. The number of piperidine rings is 2. The second-order valence-electron chi connectivity index (χ2n) is 11.1. The van der Waals surface area contributed by atoms with Crippen LogP contribution in [0.1, 0.15) is 72.8 Å². The third-order valence-corrected chi connectivity index (χ3v) is 5.85. The number of aliphatic hydroxyl groups is 1. The van der Waals surface area contributed by atoms with Gasteiger partial charge in [-0.15, -0.1) is 0 Å². The maximum absolute atomic E-state index is 12.0. The first kappa shape index (κ1) is 29.9. The molecule has 2 amide bonds. The van der Waals surface area contributed by atoms with E-state index in [1.807, 2.05) is 48.5 Å². The van der Waals surface area contributed by atoms with E-state index >= 15 is 0 Å². The summed E-state index contributed by atoms with van der Waals surface area (Å²) >= 11 is 5.96. The summed E-state index contributed by atoms with van der Waals surface area (Å²) in [6.45, 7) is 15.4. The Balaban J connectivity index is 0.000000281. The molecule has 2 fully saturated rings.